The SMILES string of the molecule is CC1C(C(=O)O)CCN1Cc1cccc(F)c1Br. The van der Waals surface area contributed by atoms with Crippen LogP contribution in [0.15, 0.2) is 22.7 Å². The fourth-order valence-corrected chi connectivity index (χ4v) is 2.84. The third kappa shape index (κ3) is 2.57. The van der Waals surface area contributed by atoms with E-state index in [4.69, 9.17) is 5.11 Å². The molecule has 0 amide bonds. The molecule has 98 valence electrons. The minimum atomic E-state index is -0.747. The van der Waals surface area contributed by atoms with E-state index in [1.807, 2.05) is 13.0 Å². The van der Waals surface area contributed by atoms with Gasteiger partial charge in [-0.15, -0.1) is 0 Å². The average molecular weight is 316 g/mol. The fraction of sp³-hybridized carbons (Fsp3) is 0.462. The maximum absolute atomic E-state index is 13.4. The maximum atomic E-state index is 13.4. The van der Waals surface area contributed by atoms with Crippen LogP contribution < -0.4 is 0 Å². The molecule has 2 atom stereocenters. The number of carbonyl (C=O) groups is 1. The quantitative estimate of drug-likeness (QED) is 0.932. The first-order valence-corrected chi connectivity index (χ1v) is 6.69. The minimum absolute atomic E-state index is 0.0160. The molecule has 0 saturated carbocycles. The molecule has 1 aliphatic heterocycles. The number of hydrogen-bond acceptors (Lipinski definition) is 2. The van der Waals surface area contributed by atoms with Crippen LogP contribution in [0.3, 0.4) is 0 Å². The molecule has 0 bridgehead atoms. The molecule has 0 spiro atoms. The van der Waals surface area contributed by atoms with E-state index in [1.165, 1.54) is 6.07 Å². The lowest BCUT2D eigenvalue weighted by Gasteiger charge is -2.23. The number of halogens is 2. The highest BCUT2D eigenvalue weighted by molar-refractivity contribution is 9.10. The summed E-state index contributed by atoms with van der Waals surface area (Å²) in [5.41, 5.74) is 0.855. The van der Waals surface area contributed by atoms with Crippen LogP contribution in [0.5, 0.6) is 0 Å². The van der Waals surface area contributed by atoms with E-state index in [1.54, 1.807) is 6.07 Å². The Labute approximate surface area is 114 Å². The summed E-state index contributed by atoms with van der Waals surface area (Å²) in [5.74, 6) is -1.35. The van der Waals surface area contributed by atoms with Gasteiger partial charge in [-0.05, 0) is 47.4 Å². The van der Waals surface area contributed by atoms with Gasteiger partial charge in [0.05, 0.1) is 10.4 Å². The van der Waals surface area contributed by atoms with Gasteiger partial charge < -0.3 is 5.11 Å². The molecule has 5 heteroatoms. The van der Waals surface area contributed by atoms with E-state index < -0.39 is 5.97 Å². The average Bonchev–Trinajstić information content (AvgIpc) is 2.67. The summed E-state index contributed by atoms with van der Waals surface area (Å²) in [4.78, 5) is 13.1. The molecule has 0 radical (unpaired) electrons. The third-order valence-electron chi connectivity index (χ3n) is 3.61. The number of carboxylic acids is 1. The lowest BCUT2D eigenvalue weighted by Crippen LogP contribution is -2.32. The smallest absolute Gasteiger partial charge is 0.308 e. The van der Waals surface area contributed by atoms with Gasteiger partial charge in [0.2, 0.25) is 0 Å². The first-order chi connectivity index (χ1) is 8.50. The highest BCUT2D eigenvalue weighted by Crippen LogP contribution is 2.28. The zero-order valence-electron chi connectivity index (χ0n) is 10.1. The predicted molar refractivity (Wildman–Crippen MR) is 69.7 cm³/mol. The van der Waals surface area contributed by atoms with E-state index in [-0.39, 0.29) is 17.8 Å². The van der Waals surface area contributed by atoms with Crippen molar-refractivity contribution in [3.63, 3.8) is 0 Å². The summed E-state index contributed by atoms with van der Waals surface area (Å²) in [6.45, 7) is 3.23. The van der Waals surface area contributed by atoms with Gasteiger partial charge in [-0.3, -0.25) is 9.69 Å². The van der Waals surface area contributed by atoms with Crippen molar-refractivity contribution in [1.82, 2.24) is 4.90 Å². The molecule has 0 aromatic heterocycles. The van der Waals surface area contributed by atoms with Crippen LogP contribution in [0.25, 0.3) is 0 Å². The highest BCUT2D eigenvalue weighted by Gasteiger charge is 2.35. The van der Waals surface area contributed by atoms with Crippen molar-refractivity contribution in [3.8, 4) is 0 Å². The van der Waals surface area contributed by atoms with Crippen LogP contribution in [-0.4, -0.2) is 28.6 Å². The topological polar surface area (TPSA) is 40.5 Å². The van der Waals surface area contributed by atoms with Crippen molar-refractivity contribution in [2.45, 2.75) is 25.9 Å². The summed E-state index contributed by atoms with van der Waals surface area (Å²) in [7, 11) is 0. The number of benzene rings is 1. The zero-order valence-corrected chi connectivity index (χ0v) is 11.7. The lowest BCUT2D eigenvalue weighted by atomic mass is 10.0. The van der Waals surface area contributed by atoms with E-state index in [2.05, 4.69) is 20.8 Å². The molecule has 0 aliphatic carbocycles. The first-order valence-electron chi connectivity index (χ1n) is 5.90. The molecule has 1 aromatic carbocycles. The van der Waals surface area contributed by atoms with Gasteiger partial charge in [0.25, 0.3) is 0 Å². The van der Waals surface area contributed by atoms with Crippen LogP contribution in [0.1, 0.15) is 18.9 Å². The van der Waals surface area contributed by atoms with Gasteiger partial charge in [0.15, 0.2) is 0 Å². The monoisotopic (exact) mass is 315 g/mol. The molecular formula is C13H15BrFNO2. The summed E-state index contributed by atoms with van der Waals surface area (Å²) >= 11 is 3.23. The molecule has 1 heterocycles. The molecular weight excluding hydrogens is 301 g/mol. The van der Waals surface area contributed by atoms with Crippen molar-refractivity contribution in [2.75, 3.05) is 6.54 Å². The van der Waals surface area contributed by atoms with Gasteiger partial charge in [-0.2, -0.15) is 0 Å². The van der Waals surface area contributed by atoms with Crippen molar-refractivity contribution < 1.29 is 14.3 Å². The fourth-order valence-electron chi connectivity index (χ4n) is 2.45. The molecule has 18 heavy (non-hydrogen) atoms. The largest absolute Gasteiger partial charge is 0.481 e. The van der Waals surface area contributed by atoms with Gasteiger partial charge in [0.1, 0.15) is 5.82 Å². The second kappa shape index (κ2) is 5.36. The van der Waals surface area contributed by atoms with Gasteiger partial charge >= 0.3 is 5.97 Å². The minimum Gasteiger partial charge on any atom is -0.481 e. The summed E-state index contributed by atoms with van der Waals surface area (Å²) in [6, 6.07) is 4.91. The Morgan fingerprint density at radius 2 is 2.33 bits per heavy atom. The molecule has 1 fully saturated rings. The lowest BCUT2D eigenvalue weighted by molar-refractivity contribution is -0.142. The Kier molecular flexibility index (Phi) is 4.02. The van der Waals surface area contributed by atoms with Crippen LogP contribution in [-0.2, 0) is 11.3 Å². The molecule has 3 nitrogen and oxygen atoms in total. The zero-order chi connectivity index (χ0) is 13.3. The van der Waals surface area contributed by atoms with Crippen molar-refractivity contribution in [1.29, 1.82) is 0 Å². The summed E-state index contributed by atoms with van der Waals surface area (Å²) in [6.07, 6.45) is 0.656. The Balaban J connectivity index is 2.11. The van der Waals surface area contributed by atoms with Crippen LogP contribution in [0.4, 0.5) is 4.39 Å². The number of nitrogens with zero attached hydrogens (tertiary/aromatic N) is 1. The molecule has 1 saturated heterocycles. The molecule has 1 aliphatic rings. The van der Waals surface area contributed by atoms with Gasteiger partial charge in [-0.25, -0.2) is 4.39 Å². The molecule has 2 unspecified atom stereocenters. The van der Waals surface area contributed by atoms with E-state index in [9.17, 15) is 9.18 Å². The molecule has 1 N–H and O–H groups in total. The van der Waals surface area contributed by atoms with Gasteiger partial charge in [-0.1, -0.05) is 12.1 Å². The van der Waals surface area contributed by atoms with Crippen molar-refractivity contribution >= 4 is 21.9 Å². The molecule has 2 rings (SSSR count). The van der Waals surface area contributed by atoms with Crippen LogP contribution >= 0.6 is 15.9 Å². The predicted octanol–water partition coefficient (Wildman–Crippen LogP) is 2.88. The van der Waals surface area contributed by atoms with Crippen LogP contribution in [0, 0.1) is 11.7 Å². The third-order valence-corrected chi connectivity index (χ3v) is 4.50. The van der Waals surface area contributed by atoms with E-state index >= 15 is 0 Å². The van der Waals surface area contributed by atoms with E-state index in [0.717, 1.165) is 12.1 Å². The second-order valence-electron chi connectivity index (χ2n) is 4.66. The highest BCUT2D eigenvalue weighted by atomic mass is 79.9. The van der Waals surface area contributed by atoms with Crippen LogP contribution in [0.2, 0.25) is 0 Å². The summed E-state index contributed by atoms with van der Waals surface area (Å²) in [5, 5.41) is 9.07. The maximum Gasteiger partial charge on any atom is 0.308 e. The normalized spacial score (nSPS) is 24.4. The van der Waals surface area contributed by atoms with E-state index in [0.29, 0.717) is 17.4 Å². The number of hydrogen-bond donors (Lipinski definition) is 1. The number of rotatable bonds is 3. The summed E-state index contributed by atoms with van der Waals surface area (Å²) < 4.78 is 13.9. The van der Waals surface area contributed by atoms with Crippen molar-refractivity contribution in [3.05, 3.63) is 34.1 Å². The number of aliphatic carboxylic acids is 1. The number of carboxylic acid groups (broad SMARTS) is 1. The van der Waals surface area contributed by atoms with Crippen molar-refractivity contribution in [2.24, 2.45) is 5.92 Å². The number of likely N-dealkylation sites (tertiary alicyclic amines) is 1. The standard InChI is InChI=1S/C13H15BrFNO2/c1-8-10(13(17)18)5-6-16(8)7-9-3-2-4-11(15)12(9)14/h2-4,8,10H,5-7H2,1H3,(H,17,18). The molecule has 1 aromatic rings. The Morgan fingerprint density at radius 1 is 1.61 bits per heavy atom. The Hall–Kier alpha value is -0.940. The van der Waals surface area contributed by atoms with Gasteiger partial charge in [0, 0.05) is 12.6 Å². The Morgan fingerprint density at radius 3 is 2.94 bits per heavy atom. The second-order valence-corrected chi connectivity index (χ2v) is 5.45. The Bertz CT molecular complexity index is 466. The first kappa shape index (κ1) is 13.5.